The molecule has 2 heterocycles. The van der Waals surface area contributed by atoms with Crippen LogP contribution in [-0.4, -0.2) is 60.0 Å². The van der Waals surface area contributed by atoms with E-state index in [0.717, 1.165) is 50.5 Å². The van der Waals surface area contributed by atoms with Gasteiger partial charge in [-0.05, 0) is 50.6 Å². The fourth-order valence-electron chi connectivity index (χ4n) is 4.02. The Morgan fingerprint density at radius 1 is 1.37 bits per heavy atom. The number of rotatable bonds is 9. The summed E-state index contributed by atoms with van der Waals surface area (Å²) in [4.78, 5) is 14.9. The SMILES string of the molecule is C[S+]([O-])NC1CCNC1CO[C@H]1CC[C@@H](c2cccnc2OCC=O)CC1. The molecule has 0 aromatic carbocycles. The minimum absolute atomic E-state index is 0.0363. The second-order valence-electron chi connectivity index (χ2n) is 7.21. The summed E-state index contributed by atoms with van der Waals surface area (Å²) in [5.41, 5.74) is 1.09. The van der Waals surface area contributed by atoms with Gasteiger partial charge in [-0.1, -0.05) is 6.07 Å². The van der Waals surface area contributed by atoms with E-state index >= 15 is 0 Å². The number of aldehydes is 1. The maximum atomic E-state index is 11.4. The quantitative estimate of drug-likeness (QED) is 0.481. The van der Waals surface area contributed by atoms with Crippen LogP contribution in [-0.2, 0) is 20.9 Å². The second kappa shape index (κ2) is 10.4. The number of aromatic nitrogens is 1. The molecular formula is C19H29N3O4S. The molecule has 1 aromatic rings. The number of hydrogen-bond acceptors (Lipinski definition) is 7. The van der Waals surface area contributed by atoms with Crippen LogP contribution >= 0.6 is 0 Å². The molecule has 1 saturated carbocycles. The summed E-state index contributed by atoms with van der Waals surface area (Å²) in [7, 11) is 0. The third kappa shape index (κ3) is 5.89. The second-order valence-corrected chi connectivity index (χ2v) is 8.35. The Morgan fingerprint density at radius 3 is 2.93 bits per heavy atom. The molecule has 1 aliphatic carbocycles. The molecule has 0 radical (unpaired) electrons. The van der Waals surface area contributed by atoms with Crippen molar-refractivity contribution in [3.63, 3.8) is 0 Å². The average molecular weight is 396 g/mol. The van der Waals surface area contributed by atoms with Crippen molar-refractivity contribution in [1.29, 1.82) is 0 Å². The predicted molar refractivity (Wildman–Crippen MR) is 104 cm³/mol. The van der Waals surface area contributed by atoms with Crippen LogP contribution in [0.4, 0.5) is 0 Å². The van der Waals surface area contributed by atoms with Gasteiger partial charge in [-0.15, -0.1) is 4.72 Å². The minimum Gasteiger partial charge on any atom is -0.598 e. The van der Waals surface area contributed by atoms with E-state index in [1.807, 2.05) is 12.1 Å². The monoisotopic (exact) mass is 395 g/mol. The van der Waals surface area contributed by atoms with E-state index in [9.17, 15) is 9.35 Å². The zero-order valence-electron chi connectivity index (χ0n) is 15.8. The van der Waals surface area contributed by atoms with Gasteiger partial charge in [-0.3, -0.25) is 4.79 Å². The smallest absolute Gasteiger partial charge is 0.217 e. The highest BCUT2D eigenvalue weighted by Gasteiger charge is 2.31. The lowest BCUT2D eigenvalue weighted by molar-refractivity contribution is -0.109. The Morgan fingerprint density at radius 2 is 2.19 bits per heavy atom. The molecule has 7 nitrogen and oxygen atoms in total. The topological polar surface area (TPSA) is 95.5 Å². The van der Waals surface area contributed by atoms with Crippen molar-refractivity contribution in [2.24, 2.45) is 0 Å². The fraction of sp³-hybridized carbons (Fsp3) is 0.684. The van der Waals surface area contributed by atoms with Gasteiger partial charge in [-0.2, -0.15) is 0 Å². The molecule has 1 aromatic heterocycles. The van der Waals surface area contributed by atoms with Gasteiger partial charge < -0.3 is 19.3 Å². The Bertz CT molecular complexity index is 596. The largest absolute Gasteiger partial charge is 0.598 e. The first-order valence-electron chi connectivity index (χ1n) is 9.63. The van der Waals surface area contributed by atoms with Crippen molar-refractivity contribution in [2.45, 2.75) is 56.2 Å². The Balaban J connectivity index is 1.46. The summed E-state index contributed by atoms with van der Waals surface area (Å²) in [6.45, 7) is 1.61. The van der Waals surface area contributed by atoms with Crippen LogP contribution in [0.25, 0.3) is 0 Å². The Kier molecular flexibility index (Phi) is 7.90. The standard InChI is InChI=1S/C19H29N3O4S/c1-27(24)22-17-8-10-20-18(17)13-26-15-6-4-14(5-7-15)16-3-2-9-21-19(16)25-12-11-23/h2-3,9,11,14-15,17-18,20,22H,4-8,10,12-13H2,1H3/t14-,15+,17?,18?,27?. The van der Waals surface area contributed by atoms with E-state index in [1.54, 1.807) is 12.5 Å². The van der Waals surface area contributed by atoms with Gasteiger partial charge in [0.15, 0.2) is 6.29 Å². The van der Waals surface area contributed by atoms with E-state index in [2.05, 4.69) is 15.0 Å². The normalized spacial score (nSPS) is 29.4. The maximum Gasteiger partial charge on any atom is 0.217 e. The summed E-state index contributed by atoms with van der Waals surface area (Å²) < 4.78 is 26.2. The van der Waals surface area contributed by atoms with E-state index in [0.29, 0.717) is 18.4 Å². The first-order valence-corrected chi connectivity index (χ1v) is 11.2. The lowest BCUT2D eigenvalue weighted by Crippen LogP contribution is -2.46. The van der Waals surface area contributed by atoms with E-state index < -0.39 is 11.4 Å². The predicted octanol–water partition coefficient (Wildman–Crippen LogP) is 1.32. The number of carbonyl (C=O) groups is 1. The molecule has 8 heteroatoms. The fourth-order valence-corrected chi connectivity index (χ4v) is 4.73. The molecule has 1 aliphatic heterocycles. The van der Waals surface area contributed by atoms with Crippen molar-refractivity contribution in [3.05, 3.63) is 23.9 Å². The van der Waals surface area contributed by atoms with Crippen LogP contribution in [0.5, 0.6) is 5.88 Å². The van der Waals surface area contributed by atoms with Gasteiger partial charge in [0, 0.05) is 23.1 Å². The van der Waals surface area contributed by atoms with Gasteiger partial charge >= 0.3 is 0 Å². The molecule has 1 saturated heterocycles. The van der Waals surface area contributed by atoms with Gasteiger partial charge in [0.2, 0.25) is 5.88 Å². The van der Waals surface area contributed by atoms with Crippen LogP contribution in [0.15, 0.2) is 18.3 Å². The molecule has 3 unspecified atom stereocenters. The van der Waals surface area contributed by atoms with Crippen LogP contribution in [0.2, 0.25) is 0 Å². The molecule has 0 amide bonds. The van der Waals surface area contributed by atoms with E-state index in [1.165, 1.54) is 0 Å². The van der Waals surface area contributed by atoms with Crippen LogP contribution < -0.4 is 14.8 Å². The zero-order valence-corrected chi connectivity index (χ0v) is 16.6. The highest BCUT2D eigenvalue weighted by atomic mass is 32.2. The van der Waals surface area contributed by atoms with Gasteiger partial charge in [0.1, 0.15) is 12.9 Å². The van der Waals surface area contributed by atoms with Gasteiger partial charge in [-0.25, -0.2) is 4.98 Å². The number of hydrogen-bond donors (Lipinski definition) is 2. The molecule has 2 aliphatic rings. The lowest BCUT2D eigenvalue weighted by Gasteiger charge is -2.30. The third-order valence-corrected chi connectivity index (χ3v) is 6.01. The Labute approximate surface area is 163 Å². The van der Waals surface area contributed by atoms with Crippen LogP contribution in [0.3, 0.4) is 0 Å². The minimum atomic E-state index is -1.00. The molecule has 3 atom stereocenters. The van der Waals surface area contributed by atoms with Crippen molar-refractivity contribution in [3.8, 4) is 5.88 Å². The highest BCUT2D eigenvalue weighted by Crippen LogP contribution is 2.37. The third-order valence-electron chi connectivity index (χ3n) is 5.38. The summed E-state index contributed by atoms with van der Waals surface area (Å²) in [5, 5.41) is 3.44. The summed E-state index contributed by atoms with van der Waals surface area (Å²) in [6, 6.07) is 4.39. The molecular weight excluding hydrogens is 366 g/mol. The molecule has 2 fully saturated rings. The zero-order chi connectivity index (χ0) is 19.1. The Hall–Kier alpha value is -1.19. The number of nitrogens with zero attached hydrogens (tertiary/aromatic N) is 1. The molecule has 0 spiro atoms. The first-order chi connectivity index (χ1) is 13.2. The van der Waals surface area contributed by atoms with Crippen LogP contribution in [0, 0.1) is 0 Å². The number of pyridine rings is 1. The molecule has 150 valence electrons. The lowest BCUT2D eigenvalue weighted by atomic mass is 9.83. The number of nitrogens with one attached hydrogen (secondary N) is 2. The molecule has 3 rings (SSSR count). The summed E-state index contributed by atoms with van der Waals surface area (Å²) in [5.74, 6) is 0.965. The number of carbonyl (C=O) groups excluding carboxylic acids is 1. The molecule has 0 bridgehead atoms. The van der Waals surface area contributed by atoms with Gasteiger partial charge in [0.25, 0.3) is 0 Å². The van der Waals surface area contributed by atoms with Crippen molar-refractivity contribution < 1.29 is 18.8 Å². The molecule has 27 heavy (non-hydrogen) atoms. The van der Waals surface area contributed by atoms with E-state index in [4.69, 9.17) is 9.47 Å². The van der Waals surface area contributed by atoms with Crippen molar-refractivity contribution in [2.75, 3.05) is 26.0 Å². The average Bonchev–Trinajstić information content (AvgIpc) is 3.11. The van der Waals surface area contributed by atoms with E-state index in [-0.39, 0.29) is 24.8 Å². The maximum absolute atomic E-state index is 11.4. The summed E-state index contributed by atoms with van der Waals surface area (Å²) in [6.07, 6.45) is 9.38. The van der Waals surface area contributed by atoms with Crippen LogP contribution in [0.1, 0.15) is 43.6 Å². The number of ether oxygens (including phenoxy) is 2. The van der Waals surface area contributed by atoms with Gasteiger partial charge in [0.05, 0.1) is 24.8 Å². The van der Waals surface area contributed by atoms with Crippen molar-refractivity contribution in [1.82, 2.24) is 15.0 Å². The van der Waals surface area contributed by atoms with Crippen molar-refractivity contribution >= 4 is 17.6 Å². The molecule has 2 N–H and O–H groups in total. The summed E-state index contributed by atoms with van der Waals surface area (Å²) >= 11 is -1.00. The highest BCUT2D eigenvalue weighted by molar-refractivity contribution is 7.88. The first kappa shape index (κ1) is 20.5.